The average molecular weight is 380 g/mol. The molecule has 3 atom stereocenters. The number of aromatic amines is 1. The monoisotopic (exact) mass is 380 g/mol. The van der Waals surface area contributed by atoms with Gasteiger partial charge >= 0.3 is 0 Å². The molecule has 1 amide bonds. The van der Waals surface area contributed by atoms with E-state index in [0.29, 0.717) is 36.8 Å². The summed E-state index contributed by atoms with van der Waals surface area (Å²) in [7, 11) is 0. The first-order valence-electron chi connectivity index (χ1n) is 9.24. The number of H-pyrrole nitrogens is 1. The van der Waals surface area contributed by atoms with Crippen LogP contribution in [0.2, 0.25) is 0 Å². The minimum absolute atomic E-state index is 0.0605. The number of nitrogens with two attached hydrogens (primary N) is 2. The summed E-state index contributed by atoms with van der Waals surface area (Å²) in [5.41, 5.74) is 15.0. The zero-order valence-corrected chi connectivity index (χ0v) is 15.5. The fourth-order valence-electron chi connectivity index (χ4n) is 4.24. The zero-order chi connectivity index (χ0) is 19.8. The Kier molecular flexibility index (Phi) is 4.60. The number of phenols is 1. The molecular weight excluding hydrogens is 356 g/mol. The van der Waals surface area contributed by atoms with Crippen LogP contribution in [0, 0.1) is 5.92 Å². The van der Waals surface area contributed by atoms with E-state index in [1.165, 1.54) is 6.08 Å². The van der Waals surface area contributed by atoms with Crippen molar-refractivity contribution >= 4 is 23.5 Å². The molecule has 2 aliphatic heterocycles. The van der Waals surface area contributed by atoms with Gasteiger partial charge in [0.15, 0.2) is 0 Å². The third-order valence-electron chi connectivity index (χ3n) is 5.69. The fraction of sp³-hybridized carbons (Fsp3) is 0.286. The third kappa shape index (κ3) is 3.03. The molecule has 28 heavy (non-hydrogen) atoms. The molecule has 0 aliphatic carbocycles. The number of benzene rings is 1. The number of hydrogen-bond acceptors (Lipinski definition) is 5. The van der Waals surface area contributed by atoms with E-state index in [1.54, 1.807) is 24.3 Å². The Bertz CT molecular complexity index is 949. The van der Waals surface area contributed by atoms with Crippen LogP contribution in [-0.2, 0) is 9.53 Å². The lowest BCUT2D eigenvalue weighted by atomic mass is 9.90. The molecule has 2 aromatic rings. The van der Waals surface area contributed by atoms with Crippen molar-refractivity contribution in [1.82, 2.24) is 9.88 Å². The number of phenolic OH excluding ortho intramolecular Hbond substituents is 1. The van der Waals surface area contributed by atoms with Gasteiger partial charge in [-0.2, -0.15) is 0 Å². The topological polar surface area (TPSA) is 118 Å². The van der Waals surface area contributed by atoms with Gasteiger partial charge in [0.2, 0.25) is 5.91 Å². The summed E-state index contributed by atoms with van der Waals surface area (Å²) in [6.45, 7) is 5.36. The van der Waals surface area contributed by atoms with Crippen LogP contribution in [0.5, 0.6) is 5.75 Å². The van der Waals surface area contributed by atoms with Gasteiger partial charge in [-0.05, 0) is 30.4 Å². The second kappa shape index (κ2) is 7.09. The van der Waals surface area contributed by atoms with Crippen LogP contribution in [0.15, 0.2) is 43.0 Å². The SMILES string of the molecule is C=CC(=O)N1CC(c2cc(/C=C(\N)c3ccccc3O)c(N)[nH]2)C2COCC21. The van der Waals surface area contributed by atoms with E-state index in [-0.39, 0.29) is 29.5 Å². The number of para-hydroxylation sites is 1. The first kappa shape index (κ1) is 18.2. The molecule has 0 radical (unpaired) electrons. The lowest BCUT2D eigenvalue weighted by Crippen LogP contribution is -2.36. The molecule has 2 saturated heterocycles. The molecule has 3 heterocycles. The molecule has 2 fully saturated rings. The van der Waals surface area contributed by atoms with Crippen molar-refractivity contribution in [3.63, 3.8) is 0 Å². The summed E-state index contributed by atoms with van der Waals surface area (Å²) in [6, 6.07) is 8.92. The van der Waals surface area contributed by atoms with Crippen molar-refractivity contribution in [3.8, 4) is 5.75 Å². The van der Waals surface area contributed by atoms with Gasteiger partial charge in [-0.1, -0.05) is 18.7 Å². The van der Waals surface area contributed by atoms with Gasteiger partial charge < -0.3 is 31.2 Å². The molecule has 2 aliphatic rings. The van der Waals surface area contributed by atoms with Crippen LogP contribution in [0.4, 0.5) is 5.82 Å². The number of nitrogen functional groups attached to an aromatic ring is 1. The van der Waals surface area contributed by atoms with Crippen molar-refractivity contribution in [1.29, 1.82) is 0 Å². The number of ether oxygens (including phenoxy) is 1. The van der Waals surface area contributed by atoms with Crippen LogP contribution in [-0.4, -0.2) is 46.7 Å². The number of aromatic hydroxyl groups is 1. The standard InChI is InChI=1S/C21H24N4O3/c1-2-20(27)25-9-14(15-10-28-11-18(15)25)17-8-12(21(23)24-17)7-16(22)13-5-3-4-6-19(13)26/h2-8,14-15,18,24,26H,1,9-11,22-23H2/b16-7-. The van der Waals surface area contributed by atoms with Crippen molar-refractivity contribution in [2.45, 2.75) is 12.0 Å². The Morgan fingerprint density at radius 2 is 2.14 bits per heavy atom. The van der Waals surface area contributed by atoms with E-state index < -0.39 is 0 Å². The number of carbonyl (C=O) groups is 1. The number of hydrogen-bond donors (Lipinski definition) is 4. The number of nitrogens with one attached hydrogen (secondary N) is 1. The summed E-state index contributed by atoms with van der Waals surface area (Å²) >= 11 is 0. The molecule has 1 aromatic carbocycles. The van der Waals surface area contributed by atoms with Crippen LogP contribution in [0.1, 0.15) is 22.7 Å². The summed E-state index contributed by atoms with van der Waals surface area (Å²) < 4.78 is 5.63. The van der Waals surface area contributed by atoms with Crippen LogP contribution in [0.3, 0.4) is 0 Å². The van der Waals surface area contributed by atoms with E-state index in [9.17, 15) is 9.90 Å². The molecule has 0 bridgehead atoms. The lowest BCUT2D eigenvalue weighted by Gasteiger charge is -2.20. The smallest absolute Gasteiger partial charge is 0.246 e. The minimum atomic E-state index is -0.0774. The minimum Gasteiger partial charge on any atom is -0.507 e. The van der Waals surface area contributed by atoms with Crippen LogP contribution >= 0.6 is 0 Å². The van der Waals surface area contributed by atoms with Gasteiger partial charge in [0.25, 0.3) is 0 Å². The quantitative estimate of drug-likeness (QED) is 0.604. The van der Waals surface area contributed by atoms with E-state index in [1.807, 2.05) is 17.0 Å². The number of anilines is 1. The Morgan fingerprint density at radius 1 is 1.36 bits per heavy atom. The third-order valence-corrected chi connectivity index (χ3v) is 5.69. The Labute approximate surface area is 163 Å². The molecule has 1 aromatic heterocycles. The Morgan fingerprint density at radius 3 is 2.89 bits per heavy atom. The normalized spacial score (nSPS) is 24.4. The fourth-order valence-corrected chi connectivity index (χ4v) is 4.24. The van der Waals surface area contributed by atoms with Gasteiger partial charge in [0.05, 0.1) is 19.3 Å². The van der Waals surface area contributed by atoms with E-state index >= 15 is 0 Å². The summed E-state index contributed by atoms with van der Waals surface area (Å²) in [6.07, 6.45) is 3.09. The molecule has 0 saturated carbocycles. The van der Waals surface area contributed by atoms with Crippen molar-refractivity contribution < 1.29 is 14.6 Å². The van der Waals surface area contributed by atoms with Gasteiger partial charge in [-0.3, -0.25) is 4.79 Å². The summed E-state index contributed by atoms with van der Waals surface area (Å²) in [5.74, 6) is 0.858. The number of nitrogens with zero attached hydrogens (tertiary/aromatic N) is 1. The molecule has 6 N–H and O–H groups in total. The number of amides is 1. The second-order valence-corrected chi connectivity index (χ2v) is 7.28. The maximum Gasteiger partial charge on any atom is 0.246 e. The van der Waals surface area contributed by atoms with E-state index in [2.05, 4.69) is 11.6 Å². The predicted octanol–water partition coefficient (Wildman–Crippen LogP) is 1.89. The number of carbonyl (C=O) groups excluding carboxylic acids is 1. The number of fused-ring (bicyclic) bond motifs is 1. The van der Waals surface area contributed by atoms with Crippen LogP contribution in [0.25, 0.3) is 11.8 Å². The highest BCUT2D eigenvalue weighted by Gasteiger charge is 2.47. The molecular formula is C21H24N4O3. The predicted molar refractivity (Wildman–Crippen MR) is 108 cm³/mol. The van der Waals surface area contributed by atoms with Crippen molar-refractivity contribution in [2.75, 3.05) is 25.5 Å². The Hall–Kier alpha value is -3.19. The highest BCUT2D eigenvalue weighted by Crippen LogP contribution is 2.41. The molecule has 7 heteroatoms. The lowest BCUT2D eigenvalue weighted by molar-refractivity contribution is -0.127. The van der Waals surface area contributed by atoms with Crippen molar-refractivity contribution in [2.24, 2.45) is 11.7 Å². The Balaban J connectivity index is 1.63. The maximum absolute atomic E-state index is 12.2. The number of likely N-dealkylation sites (tertiary alicyclic amines) is 1. The van der Waals surface area contributed by atoms with Gasteiger partial charge in [0, 0.05) is 40.9 Å². The van der Waals surface area contributed by atoms with E-state index in [4.69, 9.17) is 16.2 Å². The average Bonchev–Trinajstić information content (AvgIpc) is 3.37. The van der Waals surface area contributed by atoms with Gasteiger partial charge in [0.1, 0.15) is 11.6 Å². The maximum atomic E-state index is 12.2. The van der Waals surface area contributed by atoms with Gasteiger partial charge in [-0.15, -0.1) is 0 Å². The molecule has 4 rings (SSSR count). The number of rotatable bonds is 4. The van der Waals surface area contributed by atoms with Crippen molar-refractivity contribution in [3.05, 3.63) is 59.8 Å². The first-order valence-corrected chi connectivity index (χ1v) is 9.24. The summed E-state index contributed by atoms with van der Waals surface area (Å²) in [5, 5.41) is 9.99. The van der Waals surface area contributed by atoms with Crippen LogP contribution < -0.4 is 11.5 Å². The molecule has 7 nitrogen and oxygen atoms in total. The van der Waals surface area contributed by atoms with E-state index in [0.717, 1.165) is 11.3 Å². The van der Waals surface area contributed by atoms with Gasteiger partial charge in [-0.25, -0.2) is 0 Å². The number of aromatic nitrogens is 1. The highest BCUT2D eigenvalue weighted by atomic mass is 16.5. The highest BCUT2D eigenvalue weighted by molar-refractivity contribution is 5.88. The summed E-state index contributed by atoms with van der Waals surface area (Å²) in [4.78, 5) is 17.3. The molecule has 146 valence electrons. The zero-order valence-electron chi connectivity index (χ0n) is 15.5. The molecule has 3 unspecified atom stereocenters. The first-order chi connectivity index (χ1) is 13.5. The molecule has 0 spiro atoms. The second-order valence-electron chi connectivity index (χ2n) is 7.28. The largest absolute Gasteiger partial charge is 0.507 e.